The summed E-state index contributed by atoms with van der Waals surface area (Å²) >= 11 is 0. The molecule has 2 heterocycles. The van der Waals surface area contributed by atoms with Crippen LogP contribution in [0.4, 0.5) is 10.1 Å². The van der Waals surface area contributed by atoms with Crippen molar-refractivity contribution in [3.05, 3.63) is 52.8 Å². The van der Waals surface area contributed by atoms with E-state index in [1.54, 1.807) is 6.07 Å². The quantitative estimate of drug-likeness (QED) is 0.572. The molecule has 35 heavy (non-hydrogen) atoms. The van der Waals surface area contributed by atoms with Crippen LogP contribution in [0.3, 0.4) is 0 Å². The number of rotatable bonds is 7. The van der Waals surface area contributed by atoms with Gasteiger partial charge in [-0.15, -0.1) is 0 Å². The number of piperidine rings is 1. The van der Waals surface area contributed by atoms with Gasteiger partial charge in [-0.1, -0.05) is 13.0 Å². The number of nitrogens with one attached hydrogen (secondary N) is 1. The maximum absolute atomic E-state index is 14.2. The molecule has 1 aliphatic carbocycles. The highest BCUT2D eigenvalue weighted by Gasteiger charge is 2.45. The molecule has 2 aromatic rings. The lowest BCUT2D eigenvalue weighted by atomic mass is 9.91. The van der Waals surface area contributed by atoms with Gasteiger partial charge in [-0.05, 0) is 86.0 Å². The van der Waals surface area contributed by atoms with Crippen LogP contribution in [0, 0.1) is 17.7 Å². The fourth-order valence-electron chi connectivity index (χ4n) is 5.52. The van der Waals surface area contributed by atoms with E-state index < -0.39 is 21.8 Å². The van der Waals surface area contributed by atoms with Crippen molar-refractivity contribution in [2.75, 3.05) is 38.1 Å². The van der Waals surface area contributed by atoms with Crippen LogP contribution < -0.4 is 9.46 Å². The number of ether oxygens (including phenoxy) is 2. The van der Waals surface area contributed by atoms with E-state index in [1.165, 1.54) is 19.2 Å². The van der Waals surface area contributed by atoms with Crippen LogP contribution in [0.25, 0.3) is 0 Å². The third-order valence-electron chi connectivity index (χ3n) is 7.46. The van der Waals surface area contributed by atoms with Gasteiger partial charge in [0.2, 0.25) is 0 Å². The zero-order valence-corrected chi connectivity index (χ0v) is 20.9. The van der Waals surface area contributed by atoms with Gasteiger partial charge in [-0.3, -0.25) is 4.72 Å². The Bertz CT molecular complexity index is 1250. The Morgan fingerprint density at radius 3 is 2.89 bits per heavy atom. The average molecular weight is 503 g/mol. The van der Waals surface area contributed by atoms with E-state index >= 15 is 0 Å². The zero-order valence-electron chi connectivity index (χ0n) is 20.1. The molecule has 7 nitrogen and oxygen atoms in total. The normalized spacial score (nSPS) is 23.6. The topological polar surface area (TPSA) is 84.9 Å². The Balaban J connectivity index is 1.48. The van der Waals surface area contributed by atoms with Gasteiger partial charge in [0.1, 0.15) is 17.1 Å². The van der Waals surface area contributed by atoms with Gasteiger partial charge < -0.3 is 14.4 Å². The maximum Gasteiger partial charge on any atom is 0.343 e. The highest BCUT2D eigenvalue weighted by atomic mass is 32.2. The third kappa shape index (κ3) is 4.76. The lowest BCUT2D eigenvalue weighted by molar-refractivity contribution is 0.0596. The highest BCUT2D eigenvalue weighted by Crippen LogP contribution is 2.55. The number of anilines is 1. The summed E-state index contributed by atoms with van der Waals surface area (Å²) in [5.74, 6) is 0.263. The second-order valence-electron chi connectivity index (χ2n) is 9.77. The molecule has 0 aromatic heterocycles. The smallest absolute Gasteiger partial charge is 0.343 e. The molecule has 0 spiro atoms. The summed E-state index contributed by atoms with van der Waals surface area (Å²) in [4.78, 5) is 15.0. The monoisotopic (exact) mass is 502 g/mol. The maximum atomic E-state index is 14.2. The molecule has 188 valence electrons. The summed E-state index contributed by atoms with van der Waals surface area (Å²) in [7, 11) is -2.86. The molecule has 1 saturated heterocycles. The number of carbonyl (C=O) groups is 1. The predicted molar refractivity (Wildman–Crippen MR) is 130 cm³/mol. The van der Waals surface area contributed by atoms with Crippen LogP contribution in [0.1, 0.15) is 53.6 Å². The fraction of sp³-hybridized carbons (Fsp3) is 0.500. The third-order valence-corrected chi connectivity index (χ3v) is 8.92. The number of esters is 1. The molecule has 2 unspecified atom stereocenters. The minimum Gasteiger partial charge on any atom is -0.492 e. The molecular weight excluding hydrogens is 471 g/mol. The molecule has 2 aromatic carbocycles. The number of likely N-dealkylation sites (tertiary alicyclic amines) is 1. The second-order valence-corrected chi connectivity index (χ2v) is 11.4. The Morgan fingerprint density at radius 2 is 2.11 bits per heavy atom. The number of methoxy groups -OCH3 is 1. The highest BCUT2D eigenvalue weighted by molar-refractivity contribution is 7.92. The molecular formula is C26H31FN2O5S. The summed E-state index contributed by atoms with van der Waals surface area (Å²) in [6, 6.07) is 7.17. The van der Waals surface area contributed by atoms with Crippen molar-refractivity contribution < 1.29 is 27.1 Å². The summed E-state index contributed by atoms with van der Waals surface area (Å²) in [5, 5.41) is 0. The van der Waals surface area contributed by atoms with E-state index in [0.717, 1.165) is 50.5 Å². The molecule has 0 amide bonds. The summed E-state index contributed by atoms with van der Waals surface area (Å²) in [6.07, 6.45) is 3.46. The molecule has 2 aliphatic heterocycles. The second kappa shape index (κ2) is 9.43. The minimum atomic E-state index is -4.12. The van der Waals surface area contributed by atoms with Crippen molar-refractivity contribution in [2.24, 2.45) is 11.8 Å². The predicted octanol–water partition coefficient (Wildman–Crippen LogP) is 4.18. The van der Waals surface area contributed by atoms with Crippen LogP contribution >= 0.6 is 0 Å². The molecule has 0 bridgehead atoms. The number of fused-ring (bicyclic) bond motifs is 3. The van der Waals surface area contributed by atoms with Crippen molar-refractivity contribution in [1.82, 2.24) is 4.90 Å². The van der Waals surface area contributed by atoms with Crippen LogP contribution in [-0.4, -0.2) is 52.6 Å². The zero-order chi connectivity index (χ0) is 24.7. The van der Waals surface area contributed by atoms with Gasteiger partial charge in [0.05, 0.1) is 24.3 Å². The van der Waals surface area contributed by atoms with Crippen molar-refractivity contribution in [2.45, 2.75) is 43.4 Å². The van der Waals surface area contributed by atoms with Crippen molar-refractivity contribution in [3.63, 3.8) is 0 Å². The molecule has 1 N–H and O–H groups in total. The molecule has 2 fully saturated rings. The Morgan fingerprint density at radius 1 is 1.29 bits per heavy atom. The van der Waals surface area contributed by atoms with Crippen LogP contribution in [0.2, 0.25) is 0 Å². The Hall–Kier alpha value is -2.65. The number of benzene rings is 2. The van der Waals surface area contributed by atoms with E-state index in [9.17, 15) is 17.6 Å². The molecule has 3 aliphatic rings. The number of halogens is 1. The number of hydrogen-bond donors (Lipinski definition) is 1. The first-order valence-electron chi connectivity index (χ1n) is 12.2. The van der Waals surface area contributed by atoms with Crippen molar-refractivity contribution in [1.29, 1.82) is 0 Å². The summed E-state index contributed by atoms with van der Waals surface area (Å²) < 4.78 is 54.7. The first-order valence-corrected chi connectivity index (χ1v) is 13.7. The molecule has 9 heteroatoms. The Kier molecular flexibility index (Phi) is 6.48. The van der Waals surface area contributed by atoms with Gasteiger partial charge in [0, 0.05) is 12.5 Å². The first-order chi connectivity index (χ1) is 16.8. The van der Waals surface area contributed by atoms with Gasteiger partial charge >= 0.3 is 5.97 Å². The van der Waals surface area contributed by atoms with E-state index in [2.05, 4.69) is 16.5 Å². The van der Waals surface area contributed by atoms with Crippen LogP contribution in [-0.2, 0) is 21.2 Å². The number of carbonyl (C=O) groups excluding carboxylic acids is 1. The molecule has 1 saturated carbocycles. The minimum absolute atomic E-state index is 0.0178. The van der Waals surface area contributed by atoms with Gasteiger partial charge in [-0.2, -0.15) is 0 Å². The SMILES string of the molecule is CCN1CCCC(Cc2cc(F)ccc2S(=O)(=O)Nc2ccc3c(c2C(=O)OC)OC[C@@H]2CC32)C1. The van der Waals surface area contributed by atoms with E-state index in [-0.39, 0.29) is 22.1 Å². The van der Waals surface area contributed by atoms with E-state index in [4.69, 9.17) is 9.47 Å². The molecule has 3 atom stereocenters. The first kappa shape index (κ1) is 24.1. The number of sulfonamides is 1. The van der Waals surface area contributed by atoms with Gasteiger partial charge in [0.15, 0.2) is 0 Å². The molecule has 5 rings (SSSR count). The van der Waals surface area contributed by atoms with Crippen molar-refractivity contribution >= 4 is 21.7 Å². The largest absolute Gasteiger partial charge is 0.492 e. The van der Waals surface area contributed by atoms with E-state index in [0.29, 0.717) is 36.2 Å². The van der Waals surface area contributed by atoms with Crippen LogP contribution in [0.5, 0.6) is 5.75 Å². The average Bonchev–Trinajstić information content (AvgIpc) is 3.63. The van der Waals surface area contributed by atoms with Gasteiger partial charge in [-0.25, -0.2) is 17.6 Å². The lowest BCUT2D eigenvalue weighted by Crippen LogP contribution is -2.36. The lowest BCUT2D eigenvalue weighted by Gasteiger charge is -2.32. The number of hydrogen-bond acceptors (Lipinski definition) is 6. The number of nitrogens with zero attached hydrogens (tertiary/aromatic N) is 1. The van der Waals surface area contributed by atoms with Crippen molar-refractivity contribution in [3.8, 4) is 5.75 Å². The summed E-state index contributed by atoms with van der Waals surface area (Å²) in [5.41, 5.74) is 1.52. The molecule has 0 radical (unpaired) electrons. The Labute approximate surface area is 205 Å². The summed E-state index contributed by atoms with van der Waals surface area (Å²) in [6.45, 7) is 5.42. The van der Waals surface area contributed by atoms with Gasteiger partial charge in [0.25, 0.3) is 10.0 Å². The fourth-order valence-corrected chi connectivity index (χ4v) is 6.83. The van der Waals surface area contributed by atoms with Crippen LogP contribution in [0.15, 0.2) is 35.2 Å². The van der Waals surface area contributed by atoms with E-state index in [1.807, 2.05) is 6.07 Å². The standard InChI is InChI=1S/C26H31FN2O5S/c1-3-29-10-4-5-16(14-29)11-17-12-19(27)6-9-23(17)35(31,32)28-22-8-7-20-21-13-18(21)15-34-25(20)24(22)26(30)33-2/h6-9,12,16,18,21,28H,3-5,10-11,13-15H2,1-2H3/t16?,18-,21?/m0/s1.